The summed E-state index contributed by atoms with van der Waals surface area (Å²) in [6, 6.07) is 9.56. The van der Waals surface area contributed by atoms with Crippen LogP contribution >= 0.6 is 0 Å². The van der Waals surface area contributed by atoms with Gasteiger partial charge in [0.2, 0.25) is 5.91 Å². The highest BCUT2D eigenvalue weighted by Gasteiger charge is 2.30. The fourth-order valence-electron chi connectivity index (χ4n) is 2.70. The zero-order valence-corrected chi connectivity index (χ0v) is 12.1. The van der Waals surface area contributed by atoms with E-state index < -0.39 is 11.7 Å². The van der Waals surface area contributed by atoms with Crippen LogP contribution in [0.5, 0.6) is 5.75 Å². The molecule has 1 aliphatic heterocycles. The summed E-state index contributed by atoms with van der Waals surface area (Å²) in [5.74, 6) is 0.0515. The molecule has 0 saturated carbocycles. The predicted molar refractivity (Wildman–Crippen MR) is 79.1 cm³/mol. The van der Waals surface area contributed by atoms with Crippen LogP contribution in [-0.4, -0.2) is 11.0 Å². The quantitative estimate of drug-likeness (QED) is 0.911. The van der Waals surface area contributed by atoms with E-state index in [4.69, 9.17) is 0 Å². The van der Waals surface area contributed by atoms with Crippen LogP contribution in [0.3, 0.4) is 0 Å². The van der Waals surface area contributed by atoms with Crippen molar-refractivity contribution in [2.45, 2.75) is 25.6 Å². The third kappa shape index (κ3) is 3.16. The normalized spacial score (nSPS) is 14.7. The monoisotopic (exact) mass is 321 g/mol. The summed E-state index contributed by atoms with van der Waals surface area (Å²) in [6.07, 6.45) is -3.51. The lowest BCUT2D eigenvalue weighted by atomic mass is 10.00. The Morgan fingerprint density at radius 2 is 1.74 bits per heavy atom. The van der Waals surface area contributed by atoms with Gasteiger partial charge in [-0.25, -0.2) is 0 Å². The van der Waals surface area contributed by atoms with Crippen molar-refractivity contribution in [3.05, 3.63) is 59.2 Å². The highest BCUT2D eigenvalue weighted by Crippen LogP contribution is 2.33. The maximum Gasteiger partial charge on any atom is 0.416 e. The average Bonchev–Trinajstić information content (AvgIpc) is 2.50. The number of hydrogen-bond acceptors (Lipinski definition) is 2. The van der Waals surface area contributed by atoms with Gasteiger partial charge in [-0.3, -0.25) is 4.79 Å². The van der Waals surface area contributed by atoms with Gasteiger partial charge >= 0.3 is 6.18 Å². The lowest BCUT2D eigenvalue weighted by molar-refractivity contribution is -0.137. The van der Waals surface area contributed by atoms with Gasteiger partial charge in [0.05, 0.1) is 12.1 Å². The molecule has 3 nitrogen and oxygen atoms in total. The van der Waals surface area contributed by atoms with E-state index in [1.54, 1.807) is 17.0 Å². The van der Waals surface area contributed by atoms with Gasteiger partial charge in [0.25, 0.3) is 0 Å². The van der Waals surface area contributed by atoms with Crippen molar-refractivity contribution < 1.29 is 23.1 Å². The molecule has 0 atom stereocenters. The smallest absolute Gasteiger partial charge is 0.416 e. The minimum absolute atomic E-state index is 0.0805. The molecule has 3 rings (SSSR count). The van der Waals surface area contributed by atoms with E-state index in [-0.39, 0.29) is 18.2 Å². The van der Waals surface area contributed by atoms with Crippen molar-refractivity contribution in [3.63, 3.8) is 0 Å². The summed E-state index contributed by atoms with van der Waals surface area (Å²) in [5.41, 5.74) is 1.46. The zero-order chi connectivity index (χ0) is 16.6. The van der Waals surface area contributed by atoms with Crippen LogP contribution < -0.4 is 4.90 Å². The maximum atomic E-state index is 12.6. The van der Waals surface area contributed by atoms with Gasteiger partial charge in [0.15, 0.2) is 0 Å². The lowest BCUT2D eigenvalue weighted by Crippen LogP contribution is -2.34. The molecule has 0 spiro atoms. The number of fused-ring (bicyclic) bond motifs is 1. The van der Waals surface area contributed by atoms with Gasteiger partial charge in [-0.05, 0) is 47.9 Å². The van der Waals surface area contributed by atoms with Crippen LogP contribution in [0.2, 0.25) is 0 Å². The van der Waals surface area contributed by atoms with Crippen molar-refractivity contribution in [3.8, 4) is 5.75 Å². The molecule has 120 valence electrons. The number of nitrogens with zero attached hydrogens (tertiary/aromatic N) is 1. The average molecular weight is 321 g/mol. The van der Waals surface area contributed by atoms with E-state index in [0.29, 0.717) is 24.1 Å². The van der Waals surface area contributed by atoms with Crippen LogP contribution in [0.15, 0.2) is 42.5 Å². The molecule has 0 aromatic heterocycles. The molecule has 0 unspecified atom stereocenters. The highest BCUT2D eigenvalue weighted by molar-refractivity contribution is 5.96. The number of rotatable bonds is 2. The molecule has 1 heterocycles. The topological polar surface area (TPSA) is 40.5 Å². The first-order chi connectivity index (χ1) is 10.8. The standard InChI is InChI=1S/C17H14F3NO2/c18-17(19,20)13-4-1-11(2-5-13)10-21-15-7-6-14(22)9-12(15)3-8-16(21)23/h1-2,4-7,9,22H,3,8,10H2. The largest absolute Gasteiger partial charge is 0.508 e. The van der Waals surface area contributed by atoms with Crippen molar-refractivity contribution in [1.29, 1.82) is 0 Å². The van der Waals surface area contributed by atoms with Crippen LogP contribution in [-0.2, 0) is 23.9 Å². The van der Waals surface area contributed by atoms with Gasteiger partial charge in [-0.2, -0.15) is 13.2 Å². The van der Waals surface area contributed by atoms with E-state index in [9.17, 15) is 23.1 Å². The number of benzene rings is 2. The molecule has 0 aliphatic carbocycles. The second-order valence-electron chi connectivity index (χ2n) is 5.49. The van der Waals surface area contributed by atoms with Crippen molar-refractivity contribution in [2.75, 3.05) is 4.90 Å². The van der Waals surface area contributed by atoms with Crippen LogP contribution in [0, 0.1) is 0 Å². The zero-order valence-electron chi connectivity index (χ0n) is 12.1. The molecular formula is C17H14F3NO2. The first-order valence-electron chi connectivity index (χ1n) is 7.13. The first-order valence-corrected chi connectivity index (χ1v) is 7.13. The summed E-state index contributed by atoms with van der Waals surface area (Å²) in [4.78, 5) is 13.7. The molecular weight excluding hydrogens is 307 g/mol. The van der Waals surface area contributed by atoms with Crippen LogP contribution in [0.1, 0.15) is 23.1 Å². The number of aromatic hydroxyl groups is 1. The summed E-state index contributed by atoms with van der Waals surface area (Å²) in [5, 5.41) is 9.53. The van der Waals surface area contributed by atoms with E-state index in [0.717, 1.165) is 17.7 Å². The molecule has 0 saturated heterocycles. The SMILES string of the molecule is O=C1CCc2cc(O)ccc2N1Cc1ccc(C(F)(F)F)cc1. The number of alkyl halides is 3. The molecule has 1 N–H and O–H groups in total. The number of phenolic OH excluding ortho intramolecular Hbond substituents is 1. The fourth-order valence-corrected chi connectivity index (χ4v) is 2.70. The fraction of sp³-hybridized carbons (Fsp3) is 0.235. The summed E-state index contributed by atoms with van der Waals surface area (Å²) in [7, 11) is 0. The van der Waals surface area contributed by atoms with E-state index >= 15 is 0 Å². The van der Waals surface area contributed by atoms with E-state index in [2.05, 4.69) is 0 Å². The molecule has 0 fully saturated rings. The maximum absolute atomic E-state index is 12.6. The molecule has 0 bridgehead atoms. The summed E-state index contributed by atoms with van der Waals surface area (Å²) in [6.45, 7) is 0.203. The van der Waals surface area contributed by atoms with Crippen LogP contribution in [0.25, 0.3) is 0 Å². The first kappa shape index (κ1) is 15.4. The summed E-state index contributed by atoms with van der Waals surface area (Å²) < 4.78 is 37.8. The molecule has 2 aromatic rings. The molecule has 1 amide bonds. The van der Waals surface area contributed by atoms with Gasteiger partial charge in [-0.15, -0.1) is 0 Å². The predicted octanol–water partition coefficient (Wildman–Crippen LogP) is 3.89. The number of amides is 1. The third-order valence-electron chi connectivity index (χ3n) is 3.89. The third-order valence-corrected chi connectivity index (χ3v) is 3.89. The number of phenols is 1. The number of aryl methyl sites for hydroxylation is 1. The minimum atomic E-state index is -4.37. The number of carbonyl (C=O) groups is 1. The Bertz CT molecular complexity index is 738. The second-order valence-corrected chi connectivity index (χ2v) is 5.49. The Morgan fingerprint density at radius 1 is 1.04 bits per heavy atom. The van der Waals surface area contributed by atoms with Crippen LogP contribution in [0.4, 0.5) is 18.9 Å². The minimum Gasteiger partial charge on any atom is -0.508 e. The molecule has 23 heavy (non-hydrogen) atoms. The van der Waals surface area contributed by atoms with Crippen molar-refractivity contribution >= 4 is 11.6 Å². The van der Waals surface area contributed by atoms with Gasteiger partial charge in [0, 0.05) is 12.1 Å². The Labute approximate surface area is 131 Å². The van der Waals surface area contributed by atoms with E-state index in [1.165, 1.54) is 18.2 Å². The van der Waals surface area contributed by atoms with Crippen molar-refractivity contribution in [1.82, 2.24) is 0 Å². The highest BCUT2D eigenvalue weighted by atomic mass is 19.4. The molecule has 2 aromatic carbocycles. The van der Waals surface area contributed by atoms with Crippen molar-refractivity contribution in [2.24, 2.45) is 0 Å². The number of hydrogen-bond donors (Lipinski definition) is 1. The number of anilines is 1. The van der Waals surface area contributed by atoms with Gasteiger partial charge in [-0.1, -0.05) is 12.1 Å². The Kier molecular flexibility index (Phi) is 3.75. The number of halogens is 3. The van der Waals surface area contributed by atoms with E-state index in [1.807, 2.05) is 0 Å². The lowest BCUT2D eigenvalue weighted by Gasteiger charge is -2.29. The van der Waals surface area contributed by atoms with Gasteiger partial charge < -0.3 is 10.0 Å². The summed E-state index contributed by atoms with van der Waals surface area (Å²) >= 11 is 0. The van der Waals surface area contributed by atoms with Gasteiger partial charge in [0.1, 0.15) is 5.75 Å². The Balaban J connectivity index is 1.87. The Hall–Kier alpha value is -2.50. The Morgan fingerprint density at radius 3 is 2.39 bits per heavy atom. The molecule has 0 radical (unpaired) electrons. The number of carbonyl (C=O) groups excluding carboxylic acids is 1. The second kappa shape index (κ2) is 5.61. The molecule has 6 heteroatoms. The molecule has 1 aliphatic rings.